The molecule has 1 N–H and O–H groups in total. The molecular formula is C21H20N2O2. The molecule has 1 aliphatic carbocycles. The van der Waals surface area contributed by atoms with Gasteiger partial charge in [-0.3, -0.25) is 4.79 Å². The molecule has 4 nitrogen and oxygen atoms in total. The first-order chi connectivity index (χ1) is 12.2. The van der Waals surface area contributed by atoms with Gasteiger partial charge in [-0.25, -0.2) is 5.43 Å². The first-order valence-electron chi connectivity index (χ1n) is 8.57. The van der Waals surface area contributed by atoms with Gasteiger partial charge in [-0.1, -0.05) is 48.5 Å². The summed E-state index contributed by atoms with van der Waals surface area (Å²) in [7, 11) is 0. The third-order valence-electron chi connectivity index (χ3n) is 4.76. The van der Waals surface area contributed by atoms with Crippen molar-refractivity contribution < 1.29 is 9.53 Å². The van der Waals surface area contributed by atoms with Crippen LogP contribution in [0.25, 0.3) is 6.08 Å². The minimum atomic E-state index is -0.0893. The smallest absolute Gasteiger partial charge is 0.243 e. The van der Waals surface area contributed by atoms with Crippen molar-refractivity contribution in [3.63, 3.8) is 0 Å². The lowest BCUT2D eigenvalue weighted by molar-refractivity contribution is -0.122. The number of hydrogen-bond acceptors (Lipinski definition) is 3. The van der Waals surface area contributed by atoms with Crippen molar-refractivity contribution in [1.82, 2.24) is 5.43 Å². The maximum atomic E-state index is 12.2. The molecule has 0 radical (unpaired) electrons. The van der Waals surface area contributed by atoms with Gasteiger partial charge in [0.25, 0.3) is 0 Å². The van der Waals surface area contributed by atoms with E-state index in [1.54, 1.807) is 6.21 Å². The maximum absolute atomic E-state index is 12.2. The molecule has 1 amide bonds. The molecular weight excluding hydrogens is 312 g/mol. The molecule has 4 heteroatoms. The van der Waals surface area contributed by atoms with Crippen LogP contribution in [0.4, 0.5) is 0 Å². The SMILES string of the molecule is C[C@@H]1Oc2ccccc2C=C1/C=N\NC(=O)[C@H]1C[C@@H]1c1ccccc1. The van der Waals surface area contributed by atoms with Crippen molar-refractivity contribution in [3.8, 4) is 5.75 Å². The molecule has 2 aromatic rings. The molecule has 126 valence electrons. The lowest BCUT2D eigenvalue weighted by Crippen LogP contribution is -2.23. The van der Waals surface area contributed by atoms with Gasteiger partial charge in [0, 0.05) is 17.1 Å². The first-order valence-corrected chi connectivity index (χ1v) is 8.57. The van der Waals surface area contributed by atoms with Crippen LogP contribution in [0.5, 0.6) is 5.75 Å². The Morgan fingerprint density at radius 1 is 1.16 bits per heavy atom. The number of rotatable bonds is 4. The molecule has 25 heavy (non-hydrogen) atoms. The third-order valence-corrected chi connectivity index (χ3v) is 4.76. The molecule has 0 saturated heterocycles. The van der Waals surface area contributed by atoms with Gasteiger partial charge in [0.15, 0.2) is 0 Å². The Hall–Kier alpha value is -2.88. The number of nitrogens with zero attached hydrogens (tertiary/aromatic N) is 1. The third kappa shape index (κ3) is 3.33. The molecule has 1 heterocycles. The zero-order chi connectivity index (χ0) is 17.2. The summed E-state index contributed by atoms with van der Waals surface area (Å²) in [5, 5.41) is 4.13. The van der Waals surface area contributed by atoms with Crippen molar-refractivity contribution >= 4 is 18.2 Å². The Balaban J connectivity index is 1.37. The Kier molecular flexibility index (Phi) is 4.10. The molecule has 4 rings (SSSR count). The monoisotopic (exact) mass is 332 g/mol. The molecule has 1 saturated carbocycles. The predicted octanol–water partition coefficient (Wildman–Crippen LogP) is 3.76. The van der Waals surface area contributed by atoms with Crippen LogP contribution >= 0.6 is 0 Å². The summed E-state index contributed by atoms with van der Waals surface area (Å²) >= 11 is 0. The minimum Gasteiger partial charge on any atom is -0.485 e. The standard InChI is InChI=1S/C21H20N2O2/c1-14-17(11-16-9-5-6-10-20(16)25-14)13-22-23-21(24)19-12-18(19)15-7-3-2-4-8-15/h2-11,13-14,18-19H,12H2,1H3,(H,23,24)/b22-13-/t14-,18+,19-/m0/s1. The van der Waals surface area contributed by atoms with Gasteiger partial charge >= 0.3 is 0 Å². The molecule has 1 fully saturated rings. The molecule has 0 unspecified atom stereocenters. The number of amides is 1. The summed E-state index contributed by atoms with van der Waals surface area (Å²) in [6.45, 7) is 1.97. The Morgan fingerprint density at radius 2 is 1.92 bits per heavy atom. The summed E-state index contributed by atoms with van der Waals surface area (Å²) in [5.74, 6) is 1.20. The maximum Gasteiger partial charge on any atom is 0.243 e. The van der Waals surface area contributed by atoms with Crippen molar-refractivity contribution in [3.05, 3.63) is 71.3 Å². The van der Waals surface area contributed by atoms with Crippen LogP contribution < -0.4 is 10.2 Å². The fourth-order valence-electron chi connectivity index (χ4n) is 3.21. The number of hydrogen-bond donors (Lipinski definition) is 1. The van der Waals surface area contributed by atoms with Crippen molar-refractivity contribution in [2.45, 2.75) is 25.4 Å². The van der Waals surface area contributed by atoms with Crippen LogP contribution in [-0.2, 0) is 4.79 Å². The van der Waals surface area contributed by atoms with E-state index in [-0.39, 0.29) is 17.9 Å². The molecule has 2 aromatic carbocycles. The van der Waals surface area contributed by atoms with Crippen LogP contribution in [0.3, 0.4) is 0 Å². The number of fused-ring (bicyclic) bond motifs is 1. The van der Waals surface area contributed by atoms with Gasteiger partial charge in [-0.05, 0) is 37.0 Å². The first kappa shape index (κ1) is 15.6. The van der Waals surface area contributed by atoms with Gasteiger partial charge < -0.3 is 4.74 Å². The van der Waals surface area contributed by atoms with Crippen molar-refractivity contribution in [1.29, 1.82) is 0 Å². The number of carbonyl (C=O) groups excluding carboxylic acids is 1. The van der Waals surface area contributed by atoms with E-state index in [0.717, 1.165) is 23.3 Å². The Bertz CT molecular complexity index is 842. The van der Waals surface area contributed by atoms with E-state index in [1.807, 2.05) is 55.5 Å². The van der Waals surface area contributed by atoms with Gasteiger partial charge in [-0.2, -0.15) is 5.10 Å². The summed E-state index contributed by atoms with van der Waals surface area (Å²) in [6, 6.07) is 18.0. The van der Waals surface area contributed by atoms with E-state index in [1.165, 1.54) is 5.56 Å². The normalized spacial score (nSPS) is 24.2. The number of ether oxygens (including phenoxy) is 1. The highest BCUT2D eigenvalue weighted by molar-refractivity contribution is 5.90. The van der Waals surface area contributed by atoms with Gasteiger partial charge in [-0.15, -0.1) is 0 Å². The molecule has 0 spiro atoms. The minimum absolute atomic E-state index is 0.0181. The topological polar surface area (TPSA) is 50.7 Å². The van der Waals surface area contributed by atoms with Crippen LogP contribution in [0.1, 0.15) is 30.4 Å². The fraction of sp³-hybridized carbons (Fsp3) is 0.238. The van der Waals surface area contributed by atoms with Gasteiger partial charge in [0.1, 0.15) is 11.9 Å². The summed E-state index contributed by atoms with van der Waals surface area (Å²) < 4.78 is 5.86. The number of hydrazone groups is 1. The van der Waals surface area contributed by atoms with Gasteiger partial charge in [0.05, 0.1) is 6.21 Å². The second-order valence-electron chi connectivity index (χ2n) is 6.54. The summed E-state index contributed by atoms with van der Waals surface area (Å²) in [4.78, 5) is 12.2. The summed E-state index contributed by atoms with van der Waals surface area (Å²) in [5.41, 5.74) is 5.86. The number of carbonyl (C=O) groups is 1. The van der Waals surface area contributed by atoms with E-state index >= 15 is 0 Å². The second-order valence-corrected chi connectivity index (χ2v) is 6.54. The van der Waals surface area contributed by atoms with E-state index in [0.29, 0.717) is 5.92 Å². The number of nitrogens with one attached hydrogen (secondary N) is 1. The zero-order valence-corrected chi connectivity index (χ0v) is 14.1. The van der Waals surface area contributed by atoms with E-state index in [2.05, 4.69) is 22.7 Å². The molecule has 3 atom stereocenters. The Labute approximate surface area is 147 Å². The van der Waals surface area contributed by atoms with Crippen molar-refractivity contribution in [2.24, 2.45) is 11.0 Å². The highest BCUT2D eigenvalue weighted by Gasteiger charge is 2.43. The van der Waals surface area contributed by atoms with E-state index < -0.39 is 0 Å². The molecule has 0 bridgehead atoms. The fourth-order valence-corrected chi connectivity index (χ4v) is 3.21. The lowest BCUT2D eigenvalue weighted by atomic mass is 10.0. The highest BCUT2D eigenvalue weighted by Crippen LogP contribution is 2.47. The molecule has 2 aliphatic rings. The van der Waals surface area contributed by atoms with E-state index in [9.17, 15) is 4.79 Å². The molecule has 1 aliphatic heterocycles. The number of benzene rings is 2. The van der Waals surface area contributed by atoms with Gasteiger partial charge in [0.2, 0.25) is 5.91 Å². The van der Waals surface area contributed by atoms with Crippen molar-refractivity contribution in [2.75, 3.05) is 0 Å². The number of para-hydroxylation sites is 1. The average Bonchev–Trinajstić information content (AvgIpc) is 3.44. The van der Waals surface area contributed by atoms with E-state index in [4.69, 9.17) is 4.74 Å². The predicted molar refractivity (Wildman–Crippen MR) is 98.4 cm³/mol. The second kappa shape index (κ2) is 6.55. The average molecular weight is 332 g/mol. The van der Waals surface area contributed by atoms with Crippen LogP contribution in [0, 0.1) is 5.92 Å². The zero-order valence-electron chi connectivity index (χ0n) is 14.1. The highest BCUT2D eigenvalue weighted by atomic mass is 16.5. The lowest BCUT2D eigenvalue weighted by Gasteiger charge is -2.22. The Morgan fingerprint density at radius 3 is 2.76 bits per heavy atom. The molecule has 0 aromatic heterocycles. The van der Waals surface area contributed by atoms with Crippen LogP contribution in [0.2, 0.25) is 0 Å². The summed E-state index contributed by atoms with van der Waals surface area (Å²) in [6.07, 6.45) is 4.52. The van der Waals surface area contributed by atoms with Crippen LogP contribution in [0.15, 0.2) is 65.3 Å². The van der Waals surface area contributed by atoms with Crippen LogP contribution in [-0.4, -0.2) is 18.2 Å². The quantitative estimate of drug-likeness (QED) is 0.685. The largest absolute Gasteiger partial charge is 0.485 e.